The van der Waals surface area contributed by atoms with Crippen LogP contribution >= 0.6 is 0 Å². The van der Waals surface area contributed by atoms with Gasteiger partial charge < -0.3 is 19.6 Å². The third kappa shape index (κ3) is 4.35. The molecule has 0 spiro atoms. The standard InChI is InChI=1S/C32H27N5O3/c1-20(38)35-28-15-12-22(31(39)40-2)18-26(28)21-10-13-24(14-11-21)37-30-9-4-3-8-29(30)36(32(37)33)19-23-6-5-7-27-25(23)16-17-34-27/h3-18,33-34H,19H2,1-2H3,(H,35,38). The van der Waals surface area contributed by atoms with Crippen LogP contribution in [0, 0.1) is 5.41 Å². The largest absolute Gasteiger partial charge is 0.465 e. The first-order valence-corrected chi connectivity index (χ1v) is 12.8. The van der Waals surface area contributed by atoms with Gasteiger partial charge in [0.05, 0.1) is 30.3 Å². The van der Waals surface area contributed by atoms with Crippen molar-refractivity contribution in [2.45, 2.75) is 13.5 Å². The van der Waals surface area contributed by atoms with E-state index in [-0.39, 0.29) is 5.91 Å². The molecule has 40 heavy (non-hydrogen) atoms. The molecule has 2 aromatic heterocycles. The summed E-state index contributed by atoms with van der Waals surface area (Å²) >= 11 is 0. The maximum Gasteiger partial charge on any atom is 0.337 e. The van der Waals surface area contributed by atoms with E-state index in [1.54, 1.807) is 18.2 Å². The number of ether oxygens (including phenoxy) is 1. The molecular formula is C32H27N5O3. The lowest BCUT2D eigenvalue weighted by Gasteiger charge is -2.13. The van der Waals surface area contributed by atoms with Crippen LogP contribution < -0.4 is 10.9 Å². The molecule has 0 saturated heterocycles. The first-order chi connectivity index (χ1) is 19.4. The van der Waals surface area contributed by atoms with Crippen LogP contribution in [0.25, 0.3) is 38.8 Å². The predicted octanol–water partition coefficient (Wildman–Crippen LogP) is 5.85. The van der Waals surface area contributed by atoms with Crippen molar-refractivity contribution < 1.29 is 14.3 Å². The van der Waals surface area contributed by atoms with Gasteiger partial charge in [-0.1, -0.05) is 36.4 Å². The molecule has 0 fully saturated rings. The van der Waals surface area contributed by atoms with E-state index in [0.29, 0.717) is 29.0 Å². The lowest BCUT2D eigenvalue weighted by atomic mass is 10.00. The van der Waals surface area contributed by atoms with E-state index in [1.165, 1.54) is 14.0 Å². The molecule has 8 nitrogen and oxygen atoms in total. The Labute approximate surface area is 230 Å². The molecule has 0 radical (unpaired) electrons. The number of aromatic amines is 1. The van der Waals surface area contributed by atoms with E-state index in [4.69, 9.17) is 4.74 Å². The summed E-state index contributed by atoms with van der Waals surface area (Å²) in [6, 6.07) is 29.0. The Morgan fingerprint density at radius 2 is 1.70 bits per heavy atom. The molecule has 0 aliphatic rings. The molecule has 0 bridgehead atoms. The number of nitrogens with zero attached hydrogens (tertiary/aromatic N) is 2. The predicted molar refractivity (Wildman–Crippen MR) is 156 cm³/mol. The number of carbonyl (C=O) groups excluding carboxylic acids is 2. The molecule has 0 aliphatic carbocycles. The third-order valence-electron chi connectivity index (χ3n) is 7.08. The number of amides is 1. The zero-order valence-electron chi connectivity index (χ0n) is 22.1. The van der Waals surface area contributed by atoms with Gasteiger partial charge in [-0.3, -0.25) is 14.8 Å². The summed E-state index contributed by atoms with van der Waals surface area (Å²) in [5.74, 6) is -0.661. The number of H-pyrrole nitrogens is 1. The Morgan fingerprint density at radius 1 is 0.925 bits per heavy atom. The van der Waals surface area contributed by atoms with Crippen molar-refractivity contribution in [2.24, 2.45) is 0 Å². The van der Waals surface area contributed by atoms with Crippen LogP contribution in [-0.2, 0) is 16.1 Å². The number of nitrogens with one attached hydrogen (secondary N) is 3. The second-order valence-corrected chi connectivity index (χ2v) is 9.57. The van der Waals surface area contributed by atoms with E-state index in [1.807, 2.05) is 76.0 Å². The molecule has 6 aromatic rings. The van der Waals surface area contributed by atoms with E-state index in [2.05, 4.69) is 22.4 Å². The maximum absolute atomic E-state index is 12.2. The third-order valence-corrected chi connectivity index (χ3v) is 7.08. The number of methoxy groups -OCH3 is 1. The summed E-state index contributed by atoms with van der Waals surface area (Å²) < 4.78 is 8.83. The van der Waals surface area contributed by atoms with Crippen molar-refractivity contribution in [3.05, 3.63) is 114 Å². The summed E-state index contributed by atoms with van der Waals surface area (Å²) in [6.45, 7) is 2.00. The van der Waals surface area contributed by atoms with Crippen molar-refractivity contribution in [1.29, 1.82) is 5.41 Å². The van der Waals surface area contributed by atoms with Gasteiger partial charge in [0.2, 0.25) is 11.5 Å². The highest BCUT2D eigenvalue weighted by Gasteiger charge is 2.16. The van der Waals surface area contributed by atoms with Crippen molar-refractivity contribution in [2.75, 3.05) is 12.4 Å². The number of imidazole rings is 1. The summed E-state index contributed by atoms with van der Waals surface area (Å²) in [6.07, 6.45) is 1.93. The molecule has 0 atom stereocenters. The molecular weight excluding hydrogens is 502 g/mol. The number of aromatic nitrogens is 3. The normalized spacial score (nSPS) is 11.2. The monoisotopic (exact) mass is 529 g/mol. The number of rotatable bonds is 6. The molecule has 0 aliphatic heterocycles. The number of carbonyl (C=O) groups is 2. The Bertz CT molecular complexity index is 1960. The van der Waals surface area contributed by atoms with Gasteiger partial charge in [-0.2, -0.15) is 0 Å². The fourth-order valence-corrected chi connectivity index (χ4v) is 5.23. The van der Waals surface area contributed by atoms with Gasteiger partial charge in [-0.05, 0) is 65.7 Å². The summed E-state index contributed by atoms with van der Waals surface area (Å²) in [7, 11) is 1.34. The minimum absolute atomic E-state index is 0.207. The van der Waals surface area contributed by atoms with Gasteiger partial charge in [0.25, 0.3) is 0 Å². The molecule has 1 amide bonds. The van der Waals surface area contributed by atoms with Crippen LogP contribution in [0.15, 0.2) is 97.2 Å². The summed E-state index contributed by atoms with van der Waals surface area (Å²) in [4.78, 5) is 27.3. The molecule has 0 unspecified atom stereocenters. The lowest BCUT2D eigenvalue weighted by Crippen LogP contribution is -2.24. The van der Waals surface area contributed by atoms with Gasteiger partial charge in [0, 0.05) is 41.0 Å². The highest BCUT2D eigenvalue weighted by molar-refractivity contribution is 5.98. The van der Waals surface area contributed by atoms with Crippen LogP contribution in [0.5, 0.6) is 0 Å². The first kappa shape index (κ1) is 24.9. The summed E-state index contributed by atoms with van der Waals surface area (Å²) in [5, 5.41) is 13.2. The van der Waals surface area contributed by atoms with Gasteiger partial charge >= 0.3 is 5.97 Å². The smallest absolute Gasteiger partial charge is 0.337 e. The van der Waals surface area contributed by atoms with Gasteiger partial charge in [-0.25, -0.2) is 4.79 Å². The van der Waals surface area contributed by atoms with Crippen LogP contribution in [-0.4, -0.2) is 33.1 Å². The number of fused-ring (bicyclic) bond motifs is 2. The van der Waals surface area contributed by atoms with Gasteiger partial charge in [0.1, 0.15) is 0 Å². The SMILES string of the molecule is COC(=O)c1ccc(NC(C)=O)c(-c2ccc(-n3c(=N)n(Cc4cccc5[nH]ccc45)c4ccccc43)cc2)c1. The Balaban J connectivity index is 1.44. The zero-order chi connectivity index (χ0) is 27.8. The van der Waals surface area contributed by atoms with Gasteiger partial charge in [-0.15, -0.1) is 0 Å². The Hall–Kier alpha value is -5.37. The van der Waals surface area contributed by atoms with Crippen molar-refractivity contribution in [3.8, 4) is 16.8 Å². The van der Waals surface area contributed by atoms with Crippen LogP contribution in [0.3, 0.4) is 0 Å². The molecule has 198 valence electrons. The molecule has 3 N–H and O–H groups in total. The minimum Gasteiger partial charge on any atom is -0.465 e. The fraction of sp³-hybridized carbons (Fsp3) is 0.0938. The average Bonchev–Trinajstić information content (AvgIpc) is 3.56. The molecule has 0 saturated carbocycles. The highest BCUT2D eigenvalue weighted by atomic mass is 16.5. The average molecular weight is 530 g/mol. The lowest BCUT2D eigenvalue weighted by molar-refractivity contribution is -0.114. The van der Waals surface area contributed by atoms with E-state index in [0.717, 1.165) is 38.8 Å². The number of benzene rings is 4. The van der Waals surface area contributed by atoms with E-state index >= 15 is 0 Å². The number of para-hydroxylation sites is 2. The quantitative estimate of drug-likeness (QED) is 0.236. The maximum atomic E-state index is 12.2. The number of hydrogen-bond donors (Lipinski definition) is 3. The minimum atomic E-state index is -0.454. The second kappa shape index (κ2) is 10.1. The molecule has 4 aromatic carbocycles. The molecule has 8 heteroatoms. The number of hydrogen-bond acceptors (Lipinski definition) is 4. The van der Waals surface area contributed by atoms with Crippen LogP contribution in [0.4, 0.5) is 5.69 Å². The first-order valence-electron chi connectivity index (χ1n) is 12.8. The van der Waals surface area contributed by atoms with Crippen molar-refractivity contribution >= 4 is 39.5 Å². The number of anilines is 1. The van der Waals surface area contributed by atoms with Crippen molar-refractivity contribution in [1.82, 2.24) is 14.1 Å². The van der Waals surface area contributed by atoms with E-state index in [9.17, 15) is 15.0 Å². The molecule has 2 heterocycles. The fourth-order valence-electron chi connectivity index (χ4n) is 5.23. The number of esters is 1. The Morgan fingerprint density at radius 3 is 2.45 bits per heavy atom. The highest BCUT2D eigenvalue weighted by Crippen LogP contribution is 2.31. The topological polar surface area (TPSA) is 105 Å². The van der Waals surface area contributed by atoms with E-state index < -0.39 is 5.97 Å². The molecule has 6 rings (SSSR count). The van der Waals surface area contributed by atoms with Crippen molar-refractivity contribution in [3.63, 3.8) is 0 Å². The van der Waals surface area contributed by atoms with Crippen LogP contribution in [0.1, 0.15) is 22.8 Å². The Kier molecular flexibility index (Phi) is 6.28. The van der Waals surface area contributed by atoms with Crippen LogP contribution in [0.2, 0.25) is 0 Å². The summed E-state index contributed by atoms with van der Waals surface area (Å²) in [5.41, 5.74) is 7.76. The zero-order valence-corrected chi connectivity index (χ0v) is 22.1. The second-order valence-electron chi connectivity index (χ2n) is 9.57. The van der Waals surface area contributed by atoms with Gasteiger partial charge in [0.15, 0.2) is 0 Å².